The number of rotatable bonds is 4. The molecule has 4 heteroatoms. The molecule has 0 bridgehead atoms. The van der Waals surface area contributed by atoms with Crippen LogP contribution in [0.15, 0.2) is 29.4 Å². The monoisotopic (exact) mass is 302 g/mol. The van der Waals surface area contributed by atoms with Crippen molar-refractivity contribution in [2.45, 2.75) is 45.3 Å². The first-order valence-corrected chi connectivity index (χ1v) is 8.20. The highest BCUT2D eigenvalue weighted by molar-refractivity contribution is 5.87. The van der Waals surface area contributed by atoms with Gasteiger partial charge in [-0.15, -0.1) is 0 Å². The van der Waals surface area contributed by atoms with Crippen LogP contribution in [-0.4, -0.2) is 36.4 Å². The largest absolute Gasteiger partial charge is 0.497 e. The summed E-state index contributed by atoms with van der Waals surface area (Å²) in [6.45, 7) is 7.46. The number of benzene rings is 1. The molecule has 120 valence electrons. The molecule has 2 aliphatic rings. The van der Waals surface area contributed by atoms with E-state index in [0.29, 0.717) is 5.92 Å². The smallest absolute Gasteiger partial charge is 0.155 e. The van der Waals surface area contributed by atoms with Crippen molar-refractivity contribution >= 4 is 5.71 Å². The fraction of sp³-hybridized carbons (Fsp3) is 0.611. The summed E-state index contributed by atoms with van der Waals surface area (Å²) in [7, 11) is 1.70. The molecule has 1 atom stereocenters. The molecule has 0 N–H and O–H groups in total. The zero-order valence-electron chi connectivity index (χ0n) is 13.8. The van der Waals surface area contributed by atoms with Crippen molar-refractivity contribution in [3.63, 3.8) is 0 Å². The summed E-state index contributed by atoms with van der Waals surface area (Å²) in [4.78, 5) is 8.38. The lowest BCUT2D eigenvalue weighted by molar-refractivity contribution is -0.0704. The third-order valence-electron chi connectivity index (χ3n) is 4.71. The molecule has 1 aromatic rings. The van der Waals surface area contributed by atoms with E-state index >= 15 is 0 Å². The average Bonchev–Trinajstić information content (AvgIpc) is 2.92. The van der Waals surface area contributed by atoms with Gasteiger partial charge in [0.2, 0.25) is 0 Å². The molecule has 3 rings (SSSR count). The minimum Gasteiger partial charge on any atom is -0.497 e. The van der Waals surface area contributed by atoms with Crippen LogP contribution in [0.4, 0.5) is 0 Å². The second-order valence-corrected chi connectivity index (χ2v) is 6.85. The number of hydrogen-bond donors (Lipinski definition) is 0. The zero-order valence-corrected chi connectivity index (χ0v) is 13.8. The van der Waals surface area contributed by atoms with E-state index in [1.54, 1.807) is 7.11 Å². The van der Waals surface area contributed by atoms with Gasteiger partial charge in [-0.05, 0) is 43.0 Å². The van der Waals surface area contributed by atoms with Crippen LogP contribution in [0.3, 0.4) is 0 Å². The number of oxime groups is 1. The highest BCUT2D eigenvalue weighted by Gasteiger charge is 2.43. The molecule has 22 heavy (non-hydrogen) atoms. The van der Waals surface area contributed by atoms with Crippen molar-refractivity contribution in [2.24, 2.45) is 11.1 Å². The maximum Gasteiger partial charge on any atom is 0.155 e. The molecule has 0 radical (unpaired) electrons. The number of methoxy groups -OCH3 is 1. The van der Waals surface area contributed by atoms with Gasteiger partial charge < -0.3 is 9.57 Å². The van der Waals surface area contributed by atoms with Gasteiger partial charge in [-0.25, -0.2) is 0 Å². The van der Waals surface area contributed by atoms with E-state index in [2.05, 4.69) is 36.0 Å². The molecular formula is C18H26N2O2. The summed E-state index contributed by atoms with van der Waals surface area (Å²) >= 11 is 0. The van der Waals surface area contributed by atoms with Gasteiger partial charge >= 0.3 is 0 Å². The average molecular weight is 302 g/mol. The quantitative estimate of drug-likeness (QED) is 0.854. The van der Waals surface area contributed by atoms with Crippen LogP contribution in [0.25, 0.3) is 0 Å². The highest BCUT2D eigenvalue weighted by atomic mass is 16.7. The molecule has 2 aliphatic heterocycles. The molecule has 0 amide bonds. The maximum absolute atomic E-state index is 5.89. The number of piperidine rings is 1. The number of ether oxygens (including phenoxy) is 1. The van der Waals surface area contributed by atoms with Crippen LogP contribution in [0, 0.1) is 5.92 Å². The normalized spacial score (nSPS) is 25.4. The van der Waals surface area contributed by atoms with E-state index < -0.39 is 0 Å². The van der Waals surface area contributed by atoms with E-state index in [4.69, 9.17) is 9.57 Å². The summed E-state index contributed by atoms with van der Waals surface area (Å²) in [5.74, 6) is 1.39. The van der Waals surface area contributed by atoms with Gasteiger partial charge in [0, 0.05) is 19.5 Å². The standard InChI is InChI=1S/C18H26N2O2/c1-14(2)17-11-18(22-19-17)9-4-10-20(13-18)12-15-5-7-16(21-3)8-6-15/h5-8,14H,4,9-13H2,1-3H3. The Labute approximate surface area is 133 Å². The Morgan fingerprint density at radius 2 is 2.09 bits per heavy atom. The van der Waals surface area contributed by atoms with Crippen LogP contribution in [-0.2, 0) is 11.4 Å². The molecular weight excluding hydrogens is 276 g/mol. The van der Waals surface area contributed by atoms with Gasteiger partial charge in [0.1, 0.15) is 5.75 Å². The Hall–Kier alpha value is -1.55. The van der Waals surface area contributed by atoms with E-state index in [9.17, 15) is 0 Å². The molecule has 0 aliphatic carbocycles. The summed E-state index contributed by atoms with van der Waals surface area (Å²) in [6, 6.07) is 8.35. The molecule has 2 heterocycles. The van der Waals surface area contributed by atoms with Crippen molar-refractivity contribution < 1.29 is 9.57 Å². The Morgan fingerprint density at radius 1 is 1.32 bits per heavy atom. The van der Waals surface area contributed by atoms with Crippen molar-refractivity contribution in [2.75, 3.05) is 20.2 Å². The first-order chi connectivity index (χ1) is 10.6. The van der Waals surface area contributed by atoms with Gasteiger partial charge in [-0.2, -0.15) is 0 Å². The fourth-order valence-electron chi connectivity index (χ4n) is 3.39. The molecule has 0 saturated carbocycles. The molecule has 1 spiro atoms. The lowest BCUT2D eigenvalue weighted by Crippen LogP contribution is -2.48. The van der Waals surface area contributed by atoms with Crippen LogP contribution in [0.5, 0.6) is 5.75 Å². The molecule has 1 saturated heterocycles. The van der Waals surface area contributed by atoms with E-state index in [0.717, 1.165) is 38.2 Å². The van der Waals surface area contributed by atoms with Crippen LogP contribution >= 0.6 is 0 Å². The minimum absolute atomic E-state index is 0.0790. The predicted octanol–water partition coefficient (Wildman–Crippen LogP) is 3.46. The molecule has 0 aromatic heterocycles. The fourth-order valence-corrected chi connectivity index (χ4v) is 3.39. The lowest BCUT2D eigenvalue weighted by atomic mass is 9.85. The third kappa shape index (κ3) is 3.27. The summed E-state index contributed by atoms with van der Waals surface area (Å²) < 4.78 is 5.22. The van der Waals surface area contributed by atoms with Gasteiger partial charge in [0.25, 0.3) is 0 Å². The Kier molecular flexibility index (Phi) is 4.39. The first-order valence-electron chi connectivity index (χ1n) is 8.20. The SMILES string of the molecule is COc1ccc(CN2CCCC3(CC(C(C)C)=NO3)C2)cc1. The second-order valence-electron chi connectivity index (χ2n) is 6.85. The van der Waals surface area contributed by atoms with Crippen molar-refractivity contribution in [3.8, 4) is 5.75 Å². The van der Waals surface area contributed by atoms with E-state index in [-0.39, 0.29) is 5.60 Å². The topological polar surface area (TPSA) is 34.1 Å². The van der Waals surface area contributed by atoms with Crippen LogP contribution < -0.4 is 4.74 Å². The molecule has 4 nitrogen and oxygen atoms in total. The van der Waals surface area contributed by atoms with Crippen molar-refractivity contribution in [3.05, 3.63) is 29.8 Å². The Morgan fingerprint density at radius 3 is 2.73 bits per heavy atom. The van der Waals surface area contributed by atoms with Crippen molar-refractivity contribution in [1.29, 1.82) is 0 Å². The molecule has 1 aromatic carbocycles. The van der Waals surface area contributed by atoms with Gasteiger partial charge in [0.15, 0.2) is 5.60 Å². The van der Waals surface area contributed by atoms with Gasteiger partial charge in [0.05, 0.1) is 12.8 Å². The maximum atomic E-state index is 5.89. The lowest BCUT2D eigenvalue weighted by Gasteiger charge is -2.38. The Bertz CT molecular complexity index is 539. The zero-order chi connectivity index (χ0) is 15.6. The van der Waals surface area contributed by atoms with Crippen molar-refractivity contribution in [1.82, 2.24) is 4.90 Å². The summed E-state index contributed by atoms with van der Waals surface area (Å²) in [5.41, 5.74) is 2.46. The Balaban J connectivity index is 1.61. The van der Waals surface area contributed by atoms with Crippen LogP contribution in [0.2, 0.25) is 0 Å². The first kappa shape index (κ1) is 15.3. The highest BCUT2D eigenvalue weighted by Crippen LogP contribution is 2.35. The van der Waals surface area contributed by atoms with E-state index in [1.165, 1.54) is 17.7 Å². The van der Waals surface area contributed by atoms with Gasteiger partial charge in [-0.1, -0.05) is 31.1 Å². The summed E-state index contributed by atoms with van der Waals surface area (Å²) in [6.07, 6.45) is 3.28. The second kappa shape index (κ2) is 6.29. The third-order valence-corrected chi connectivity index (χ3v) is 4.71. The van der Waals surface area contributed by atoms with Crippen LogP contribution in [0.1, 0.15) is 38.7 Å². The predicted molar refractivity (Wildman–Crippen MR) is 88.2 cm³/mol. The van der Waals surface area contributed by atoms with E-state index in [1.807, 2.05) is 12.1 Å². The molecule has 1 fully saturated rings. The number of likely N-dealkylation sites (tertiary alicyclic amines) is 1. The molecule has 1 unspecified atom stereocenters. The number of hydrogen-bond acceptors (Lipinski definition) is 4. The number of nitrogens with zero attached hydrogens (tertiary/aromatic N) is 2. The van der Waals surface area contributed by atoms with Gasteiger partial charge in [-0.3, -0.25) is 4.90 Å². The summed E-state index contributed by atoms with van der Waals surface area (Å²) in [5, 5.41) is 4.35. The minimum atomic E-state index is -0.0790.